The van der Waals surface area contributed by atoms with Gasteiger partial charge < -0.3 is 0 Å². The molecule has 4 aromatic rings. The molecular weight excluding hydrogens is 406 g/mol. The Morgan fingerprint density at radius 2 is 0.939 bits per heavy atom. The van der Waals surface area contributed by atoms with Crippen molar-refractivity contribution in [1.82, 2.24) is 4.90 Å². The molecule has 0 bridgehead atoms. The van der Waals surface area contributed by atoms with Crippen LogP contribution >= 0.6 is 0 Å². The van der Waals surface area contributed by atoms with Crippen molar-refractivity contribution in [2.45, 2.75) is 12.0 Å². The monoisotopic (exact) mass is 429 g/mol. The van der Waals surface area contributed by atoms with Crippen LogP contribution in [0.5, 0.6) is 0 Å². The van der Waals surface area contributed by atoms with E-state index in [4.69, 9.17) is 0 Å². The van der Waals surface area contributed by atoms with Crippen LogP contribution in [-0.2, 0) is 21.5 Å². The second-order valence-corrected chi connectivity index (χ2v) is 8.12. The number of benzene rings is 4. The summed E-state index contributed by atoms with van der Waals surface area (Å²) in [6, 6.07) is 39.1. The van der Waals surface area contributed by atoms with E-state index >= 15 is 0 Å². The van der Waals surface area contributed by atoms with Crippen LogP contribution in [-0.4, -0.2) is 16.7 Å². The van der Waals surface area contributed by atoms with E-state index in [2.05, 4.69) is 0 Å². The summed E-state index contributed by atoms with van der Waals surface area (Å²) >= 11 is 0. The standard InChI is InChI=1S/C30H23NO2/c32-28-22-24(21-23-13-5-1-6-14-23)29(33)31(28)30(25-15-7-2-8-16-25,26-17-9-3-10-18-26)27-19-11-4-12-20-27/h1-20,22H,21H2. The van der Waals surface area contributed by atoms with E-state index in [9.17, 15) is 9.59 Å². The maximum atomic E-state index is 13.9. The van der Waals surface area contributed by atoms with Crippen molar-refractivity contribution in [1.29, 1.82) is 0 Å². The zero-order chi connectivity index (χ0) is 22.7. The summed E-state index contributed by atoms with van der Waals surface area (Å²) in [6.07, 6.45) is 1.91. The highest BCUT2D eigenvalue weighted by atomic mass is 16.2. The topological polar surface area (TPSA) is 37.4 Å². The SMILES string of the molecule is O=C1C=C(Cc2ccccc2)C(=O)N1C(c1ccccc1)(c1ccccc1)c1ccccc1. The molecule has 4 aromatic carbocycles. The highest BCUT2D eigenvalue weighted by Gasteiger charge is 2.50. The molecule has 0 spiro atoms. The molecule has 2 amide bonds. The molecule has 1 aliphatic rings. The first kappa shape index (κ1) is 20.7. The Kier molecular flexibility index (Phi) is 5.45. The third-order valence-corrected chi connectivity index (χ3v) is 6.14. The lowest BCUT2D eigenvalue weighted by Gasteiger charge is -2.42. The molecule has 0 saturated carbocycles. The molecule has 1 aliphatic heterocycles. The molecule has 0 aliphatic carbocycles. The van der Waals surface area contributed by atoms with Crippen molar-refractivity contribution in [3.63, 3.8) is 0 Å². The van der Waals surface area contributed by atoms with Crippen LogP contribution in [0.3, 0.4) is 0 Å². The molecule has 3 nitrogen and oxygen atoms in total. The molecule has 0 N–H and O–H groups in total. The fourth-order valence-corrected chi connectivity index (χ4v) is 4.70. The van der Waals surface area contributed by atoms with Gasteiger partial charge in [-0.1, -0.05) is 121 Å². The van der Waals surface area contributed by atoms with E-state index in [1.807, 2.05) is 121 Å². The highest BCUT2D eigenvalue weighted by Crippen LogP contribution is 2.44. The second kappa shape index (κ2) is 8.71. The van der Waals surface area contributed by atoms with Crippen molar-refractivity contribution in [3.05, 3.63) is 155 Å². The van der Waals surface area contributed by atoms with E-state index < -0.39 is 5.54 Å². The number of hydrogen-bond acceptors (Lipinski definition) is 2. The van der Waals surface area contributed by atoms with Gasteiger partial charge in [0, 0.05) is 18.1 Å². The second-order valence-electron chi connectivity index (χ2n) is 8.12. The number of nitrogens with zero attached hydrogens (tertiary/aromatic N) is 1. The van der Waals surface area contributed by atoms with Crippen LogP contribution in [0.15, 0.2) is 133 Å². The minimum Gasteiger partial charge on any atom is -0.269 e. The largest absolute Gasteiger partial charge is 0.269 e. The average Bonchev–Trinajstić information content (AvgIpc) is 3.15. The fraction of sp³-hybridized carbons (Fsp3) is 0.0667. The highest BCUT2D eigenvalue weighted by molar-refractivity contribution is 6.17. The van der Waals surface area contributed by atoms with Gasteiger partial charge in [-0.2, -0.15) is 0 Å². The van der Waals surface area contributed by atoms with Crippen LogP contribution in [0.1, 0.15) is 22.3 Å². The fourth-order valence-electron chi connectivity index (χ4n) is 4.70. The molecular formula is C30H23NO2. The van der Waals surface area contributed by atoms with Crippen LogP contribution in [0.4, 0.5) is 0 Å². The van der Waals surface area contributed by atoms with Gasteiger partial charge in [0.25, 0.3) is 11.8 Å². The number of amides is 2. The smallest absolute Gasteiger partial charge is 0.258 e. The number of rotatable bonds is 6. The normalized spacial score (nSPS) is 13.8. The lowest BCUT2D eigenvalue weighted by molar-refractivity contribution is -0.142. The number of carbonyl (C=O) groups excluding carboxylic acids is 2. The summed E-state index contributed by atoms with van der Waals surface area (Å²) in [5.41, 5.74) is 2.98. The molecule has 33 heavy (non-hydrogen) atoms. The number of imide groups is 1. The number of hydrogen-bond donors (Lipinski definition) is 0. The van der Waals surface area contributed by atoms with Gasteiger partial charge in [-0.25, -0.2) is 0 Å². The molecule has 0 radical (unpaired) electrons. The summed E-state index contributed by atoms with van der Waals surface area (Å²) < 4.78 is 0. The first-order valence-electron chi connectivity index (χ1n) is 11.0. The van der Waals surface area contributed by atoms with E-state index in [0.29, 0.717) is 12.0 Å². The van der Waals surface area contributed by atoms with Crippen molar-refractivity contribution >= 4 is 11.8 Å². The van der Waals surface area contributed by atoms with E-state index in [1.54, 1.807) is 0 Å². The van der Waals surface area contributed by atoms with Crippen molar-refractivity contribution < 1.29 is 9.59 Å². The molecule has 0 fully saturated rings. The molecule has 0 aromatic heterocycles. The Bertz CT molecular complexity index is 1200. The average molecular weight is 430 g/mol. The van der Waals surface area contributed by atoms with Crippen molar-refractivity contribution in [2.75, 3.05) is 0 Å². The summed E-state index contributed by atoms with van der Waals surface area (Å²) in [6.45, 7) is 0. The van der Waals surface area contributed by atoms with Gasteiger partial charge in [-0.05, 0) is 22.3 Å². The van der Waals surface area contributed by atoms with E-state index in [1.165, 1.54) is 11.0 Å². The van der Waals surface area contributed by atoms with Gasteiger partial charge in [0.15, 0.2) is 0 Å². The van der Waals surface area contributed by atoms with Crippen LogP contribution < -0.4 is 0 Å². The first-order valence-corrected chi connectivity index (χ1v) is 11.0. The summed E-state index contributed by atoms with van der Waals surface area (Å²) in [4.78, 5) is 28.9. The van der Waals surface area contributed by atoms with Gasteiger partial charge in [0.2, 0.25) is 0 Å². The van der Waals surface area contributed by atoms with Gasteiger partial charge in [0.1, 0.15) is 5.54 Å². The van der Waals surface area contributed by atoms with Gasteiger partial charge >= 0.3 is 0 Å². The Morgan fingerprint density at radius 1 is 0.545 bits per heavy atom. The molecule has 3 heteroatoms. The predicted octanol–water partition coefficient (Wildman–Crippen LogP) is 5.52. The summed E-state index contributed by atoms with van der Waals surface area (Å²) in [5, 5.41) is 0. The molecule has 0 atom stereocenters. The third-order valence-electron chi connectivity index (χ3n) is 6.14. The molecule has 0 saturated heterocycles. The first-order chi connectivity index (χ1) is 16.2. The molecule has 0 unspecified atom stereocenters. The van der Waals surface area contributed by atoms with Gasteiger partial charge in [0.05, 0.1) is 0 Å². The van der Waals surface area contributed by atoms with E-state index in [-0.39, 0.29) is 11.8 Å². The molecule has 1 heterocycles. The van der Waals surface area contributed by atoms with E-state index in [0.717, 1.165) is 22.3 Å². The van der Waals surface area contributed by atoms with Gasteiger partial charge in [-0.3, -0.25) is 14.5 Å². The Hall–Kier alpha value is -4.24. The maximum Gasteiger partial charge on any atom is 0.258 e. The minimum absolute atomic E-state index is 0.264. The summed E-state index contributed by atoms with van der Waals surface area (Å²) in [7, 11) is 0. The van der Waals surface area contributed by atoms with Crippen LogP contribution in [0, 0.1) is 0 Å². The Balaban J connectivity index is 1.72. The zero-order valence-electron chi connectivity index (χ0n) is 18.1. The van der Waals surface area contributed by atoms with Crippen LogP contribution in [0.25, 0.3) is 0 Å². The Labute approximate surface area is 193 Å². The van der Waals surface area contributed by atoms with Crippen molar-refractivity contribution in [3.8, 4) is 0 Å². The van der Waals surface area contributed by atoms with Crippen LogP contribution in [0.2, 0.25) is 0 Å². The third kappa shape index (κ3) is 3.58. The summed E-state index contributed by atoms with van der Waals surface area (Å²) in [5.74, 6) is -0.567. The lowest BCUT2D eigenvalue weighted by atomic mass is 9.75. The minimum atomic E-state index is -1.09. The predicted molar refractivity (Wildman–Crippen MR) is 129 cm³/mol. The van der Waals surface area contributed by atoms with Crippen molar-refractivity contribution in [2.24, 2.45) is 0 Å². The lowest BCUT2D eigenvalue weighted by Crippen LogP contribution is -2.51. The van der Waals surface area contributed by atoms with Gasteiger partial charge in [-0.15, -0.1) is 0 Å². The molecule has 5 rings (SSSR count). The zero-order valence-corrected chi connectivity index (χ0v) is 18.1. The Morgan fingerprint density at radius 3 is 1.36 bits per heavy atom. The molecule has 160 valence electrons. The number of carbonyl (C=O) groups is 2. The maximum absolute atomic E-state index is 13.9. The quantitative estimate of drug-likeness (QED) is 0.299.